The van der Waals surface area contributed by atoms with Gasteiger partial charge in [-0.15, -0.1) is 0 Å². The SMILES string of the molecule is CCCCO.CCOC(C)OCC. The maximum Gasteiger partial charge on any atom is 0.154 e. The maximum atomic E-state index is 8.07. The smallest absolute Gasteiger partial charge is 0.154 e. The van der Waals surface area contributed by atoms with E-state index in [1.165, 1.54) is 0 Å². The normalized spacial score (nSPS) is 9.69. The molecule has 0 spiro atoms. The van der Waals surface area contributed by atoms with Crippen molar-refractivity contribution in [3.05, 3.63) is 0 Å². The molecule has 0 rings (SSSR count). The molecule has 0 aliphatic carbocycles. The van der Waals surface area contributed by atoms with Crippen LogP contribution in [0.15, 0.2) is 0 Å². The van der Waals surface area contributed by atoms with Crippen LogP contribution in [0.2, 0.25) is 0 Å². The van der Waals surface area contributed by atoms with Gasteiger partial charge in [0.05, 0.1) is 0 Å². The fourth-order valence-electron chi connectivity index (χ4n) is 0.676. The summed E-state index contributed by atoms with van der Waals surface area (Å²) in [7, 11) is 0. The van der Waals surface area contributed by atoms with Crippen LogP contribution in [0.4, 0.5) is 0 Å². The number of hydrogen-bond donors (Lipinski definition) is 1. The van der Waals surface area contributed by atoms with Crippen LogP contribution in [0.25, 0.3) is 0 Å². The summed E-state index contributed by atoms with van der Waals surface area (Å²) in [6, 6.07) is 0. The van der Waals surface area contributed by atoms with E-state index in [9.17, 15) is 0 Å². The molecule has 0 aromatic rings. The second kappa shape index (κ2) is 14.4. The lowest BCUT2D eigenvalue weighted by atomic mass is 10.4. The first-order valence-corrected chi connectivity index (χ1v) is 5.06. The first kappa shape index (κ1) is 15.4. The van der Waals surface area contributed by atoms with Gasteiger partial charge in [0.2, 0.25) is 0 Å². The zero-order chi connectivity index (χ0) is 10.5. The van der Waals surface area contributed by atoms with E-state index in [4.69, 9.17) is 14.6 Å². The third-order valence-electron chi connectivity index (χ3n) is 1.31. The van der Waals surface area contributed by atoms with Gasteiger partial charge in [0.25, 0.3) is 0 Å². The molecule has 0 saturated carbocycles. The Kier molecular flexibility index (Phi) is 17.0. The molecule has 0 aromatic heterocycles. The molecular weight excluding hydrogens is 168 g/mol. The Hall–Kier alpha value is -0.120. The van der Waals surface area contributed by atoms with Gasteiger partial charge in [-0.25, -0.2) is 0 Å². The molecule has 0 aliphatic rings. The van der Waals surface area contributed by atoms with Crippen molar-refractivity contribution in [1.82, 2.24) is 0 Å². The Morgan fingerprint density at radius 2 is 1.54 bits per heavy atom. The third kappa shape index (κ3) is 18.7. The molecule has 13 heavy (non-hydrogen) atoms. The van der Waals surface area contributed by atoms with Gasteiger partial charge in [0.15, 0.2) is 6.29 Å². The van der Waals surface area contributed by atoms with Gasteiger partial charge < -0.3 is 14.6 Å². The van der Waals surface area contributed by atoms with Crippen molar-refractivity contribution in [2.24, 2.45) is 0 Å². The van der Waals surface area contributed by atoms with Crippen molar-refractivity contribution in [1.29, 1.82) is 0 Å². The van der Waals surface area contributed by atoms with Crippen molar-refractivity contribution in [2.75, 3.05) is 19.8 Å². The first-order chi connectivity index (χ1) is 6.22. The average molecular weight is 192 g/mol. The molecule has 0 saturated heterocycles. The van der Waals surface area contributed by atoms with E-state index in [1.54, 1.807) is 0 Å². The number of unbranched alkanes of at least 4 members (excludes halogenated alkanes) is 1. The molecule has 82 valence electrons. The van der Waals surface area contributed by atoms with Gasteiger partial charge in [0.1, 0.15) is 0 Å². The molecule has 0 aromatic carbocycles. The van der Waals surface area contributed by atoms with Gasteiger partial charge in [-0.1, -0.05) is 13.3 Å². The molecule has 3 heteroatoms. The highest BCUT2D eigenvalue weighted by atomic mass is 16.7. The predicted molar refractivity (Wildman–Crippen MR) is 54.7 cm³/mol. The van der Waals surface area contributed by atoms with Crippen molar-refractivity contribution >= 4 is 0 Å². The zero-order valence-corrected chi connectivity index (χ0v) is 9.38. The van der Waals surface area contributed by atoms with E-state index < -0.39 is 0 Å². The van der Waals surface area contributed by atoms with Gasteiger partial charge in [-0.3, -0.25) is 0 Å². The monoisotopic (exact) mass is 192 g/mol. The second-order valence-electron chi connectivity index (χ2n) is 2.56. The predicted octanol–water partition coefficient (Wildman–Crippen LogP) is 2.18. The molecule has 0 aliphatic heterocycles. The summed E-state index contributed by atoms with van der Waals surface area (Å²) in [6.07, 6.45) is 2.00. The number of hydrogen-bond acceptors (Lipinski definition) is 3. The van der Waals surface area contributed by atoms with Crippen LogP contribution in [0.1, 0.15) is 40.5 Å². The van der Waals surface area contributed by atoms with Gasteiger partial charge in [-0.05, 0) is 27.2 Å². The molecule has 0 unspecified atom stereocenters. The molecule has 0 fully saturated rings. The summed E-state index contributed by atoms with van der Waals surface area (Å²) >= 11 is 0. The second-order valence-corrected chi connectivity index (χ2v) is 2.56. The largest absolute Gasteiger partial charge is 0.396 e. The molecule has 3 nitrogen and oxygen atoms in total. The quantitative estimate of drug-likeness (QED) is 0.656. The topological polar surface area (TPSA) is 38.7 Å². The molecular formula is C10H24O3. The number of aliphatic hydroxyl groups is 1. The molecule has 0 heterocycles. The molecule has 0 atom stereocenters. The van der Waals surface area contributed by atoms with E-state index in [0.29, 0.717) is 6.61 Å². The van der Waals surface area contributed by atoms with E-state index in [1.807, 2.05) is 20.8 Å². The number of rotatable bonds is 6. The van der Waals surface area contributed by atoms with E-state index in [0.717, 1.165) is 26.1 Å². The van der Waals surface area contributed by atoms with Crippen LogP contribution in [0.3, 0.4) is 0 Å². The lowest BCUT2D eigenvalue weighted by Gasteiger charge is -2.09. The van der Waals surface area contributed by atoms with Crippen molar-refractivity contribution in [2.45, 2.75) is 46.8 Å². The fraction of sp³-hybridized carbons (Fsp3) is 1.00. The highest BCUT2D eigenvalue weighted by molar-refractivity contribution is 4.26. The lowest BCUT2D eigenvalue weighted by Crippen LogP contribution is -2.11. The summed E-state index contributed by atoms with van der Waals surface area (Å²) < 4.78 is 10.1. The maximum absolute atomic E-state index is 8.07. The van der Waals surface area contributed by atoms with Crippen molar-refractivity contribution < 1.29 is 14.6 Å². The third-order valence-corrected chi connectivity index (χ3v) is 1.31. The van der Waals surface area contributed by atoms with Crippen LogP contribution in [-0.4, -0.2) is 31.2 Å². The highest BCUT2D eigenvalue weighted by Gasteiger charge is 1.94. The van der Waals surface area contributed by atoms with Crippen LogP contribution in [-0.2, 0) is 9.47 Å². The molecule has 0 bridgehead atoms. The molecule has 1 N–H and O–H groups in total. The summed E-state index contributed by atoms with van der Waals surface area (Å²) in [5.41, 5.74) is 0. The Morgan fingerprint density at radius 1 is 1.08 bits per heavy atom. The van der Waals surface area contributed by atoms with E-state index in [-0.39, 0.29) is 6.29 Å². The van der Waals surface area contributed by atoms with Crippen LogP contribution < -0.4 is 0 Å². The van der Waals surface area contributed by atoms with Crippen LogP contribution >= 0.6 is 0 Å². The van der Waals surface area contributed by atoms with E-state index in [2.05, 4.69) is 6.92 Å². The Balaban J connectivity index is 0. The van der Waals surface area contributed by atoms with E-state index >= 15 is 0 Å². The van der Waals surface area contributed by atoms with Gasteiger partial charge in [0, 0.05) is 19.8 Å². The minimum absolute atomic E-state index is 0.0370. The molecule has 0 amide bonds. The molecule has 0 radical (unpaired) electrons. The first-order valence-electron chi connectivity index (χ1n) is 5.06. The highest BCUT2D eigenvalue weighted by Crippen LogP contribution is 1.90. The Bertz CT molecular complexity index is 68.6. The number of ether oxygens (including phenoxy) is 2. The van der Waals surface area contributed by atoms with Gasteiger partial charge in [-0.2, -0.15) is 0 Å². The standard InChI is InChI=1S/C6H14O2.C4H10O/c1-4-7-6(3)8-5-2;1-2-3-4-5/h6H,4-5H2,1-3H3;5H,2-4H2,1H3. The van der Waals surface area contributed by atoms with Gasteiger partial charge >= 0.3 is 0 Å². The van der Waals surface area contributed by atoms with Crippen LogP contribution in [0, 0.1) is 0 Å². The summed E-state index contributed by atoms with van der Waals surface area (Å²) in [5.74, 6) is 0. The average Bonchev–Trinajstić information content (AvgIpc) is 2.08. The minimum atomic E-state index is -0.0370. The minimum Gasteiger partial charge on any atom is -0.396 e. The lowest BCUT2D eigenvalue weighted by molar-refractivity contribution is -0.123. The summed E-state index contributed by atoms with van der Waals surface area (Å²) in [4.78, 5) is 0. The van der Waals surface area contributed by atoms with Crippen molar-refractivity contribution in [3.8, 4) is 0 Å². The Labute approximate surface area is 82.1 Å². The summed E-state index contributed by atoms with van der Waals surface area (Å²) in [5, 5.41) is 8.07. The van der Waals surface area contributed by atoms with Crippen LogP contribution in [0.5, 0.6) is 0 Å². The Morgan fingerprint density at radius 3 is 1.69 bits per heavy atom. The fourth-order valence-corrected chi connectivity index (χ4v) is 0.676. The summed E-state index contributed by atoms with van der Waals surface area (Å²) in [6.45, 7) is 9.65. The number of aliphatic hydroxyl groups excluding tert-OH is 1. The van der Waals surface area contributed by atoms with Crippen molar-refractivity contribution in [3.63, 3.8) is 0 Å². The zero-order valence-electron chi connectivity index (χ0n) is 9.38.